The van der Waals surface area contributed by atoms with Gasteiger partial charge in [-0.25, -0.2) is 0 Å². The van der Waals surface area contributed by atoms with Crippen LogP contribution in [0.25, 0.3) is 6.08 Å². The molecule has 1 fully saturated rings. The van der Waals surface area contributed by atoms with Gasteiger partial charge in [0.05, 0.1) is 11.3 Å². The number of hydrogen-bond acceptors (Lipinski definition) is 2. The summed E-state index contributed by atoms with van der Waals surface area (Å²) in [6, 6.07) is 12.8. The predicted octanol–water partition coefficient (Wildman–Crippen LogP) is 4.54. The summed E-state index contributed by atoms with van der Waals surface area (Å²) < 4.78 is 0. The number of hydrogen-bond donors (Lipinski definition) is 1. The molecule has 0 radical (unpaired) electrons. The summed E-state index contributed by atoms with van der Waals surface area (Å²) >= 11 is 6.06. The highest BCUT2D eigenvalue weighted by molar-refractivity contribution is 6.31. The maximum absolute atomic E-state index is 12.7. The Morgan fingerprint density at radius 3 is 2.62 bits per heavy atom. The van der Waals surface area contributed by atoms with E-state index in [0.29, 0.717) is 16.3 Å². The molecule has 3 rings (SSSR count). The molecule has 0 unspecified atom stereocenters. The van der Waals surface area contributed by atoms with Crippen molar-refractivity contribution in [2.45, 2.75) is 19.8 Å². The molecule has 1 aliphatic heterocycles. The number of benzene rings is 2. The molecule has 4 nitrogen and oxygen atoms in total. The lowest BCUT2D eigenvalue weighted by atomic mass is 10.1. The van der Waals surface area contributed by atoms with Crippen LogP contribution in [0.4, 0.5) is 5.69 Å². The maximum atomic E-state index is 12.7. The smallest absolute Gasteiger partial charge is 0.256 e. The average molecular weight is 369 g/mol. The summed E-state index contributed by atoms with van der Waals surface area (Å²) in [6.07, 6.45) is 5.23. The SMILES string of the molecule is Cc1cccc(C=CC(=O)Nc2ccc(Cl)cc2C(=O)N2CCCC2)c1. The molecule has 26 heavy (non-hydrogen) atoms. The molecule has 0 bridgehead atoms. The maximum Gasteiger partial charge on any atom is 0.256 e. The third kappa shape index (κ3) is 4.52. The van der Waals surface area contributed by atoms with E-state index >= 15 is 0 Å². The molecule has 5 heteroatoms. The Morgan fingerprint density at radius 1 is 1.12 bits per heavy atom. The second-order valence-electron chi connectivity index (χ2n) is 6.43. The first kappa shape index (κ1) is 18.2. The van der Waals surface area contributed by atoms with Gasteiger partial charge in [-0.15, -0.1) is 0 Å². The average Bonchev–Trinajstić information content (AvgIpc) is 3.16. The van der Waals surface area contributed by atoms with Crippen molar-refractivity contribution < 1.29 is 9.59 Å². The van der Waals surface area contributed by atoms with Crippen molar-refractivity contribution in [1.29, 1.82) is 0 Å². The number of nitrogens with one attached hydrogen (secondary N) is 1. The van der Waals surface area contributed by atoms with Gasteiger partial charge < -0.3 is 10.2 Å². The standard InChI is InChI=1S/C21H21ClN2O2/c1-15-5-4-6-16(13-15)7-10-20(25)23-19-9-8-17(22)14-18(19)21(26)24-11-2-3-12-24/h4-10,13-14H,2-3,11-12H2,1H3,(H,23,25). The highest BCUT2D eigenvalue weighted by atomic mass is 35.5. The van der Waals surface area contributed by atoms with E-state index in [1.807, 2.05) is 31.2 Å². The zero-order valence-electron chi connectivity index (χ0n) is 14.7. The zero-order chi connectivity index (χ0) is 18.5. The molecule has 134 valence electrons. The second-order valence-corrected chi connectivity index (χ2v) is 6.86. The number of aryl methyl sites for hydroxylation is 1. The number of carbonyl (C=O) groups is 2. The third-order valence-corrected chi connectivity index (χ3v) is 4.57. The topological polar surface area (TPSA) is 49.4 Å². The molecular formula is C21H21ClN2O2. The minimum Gasteiger partial charge on any atom is -0.339 e. The van der Waals surface area contributed by atoms with Crippen LogP contribution in [0.15, 0.2) is 48.5 Å². The van der Waals surface area contributed by atoms with E-state index in [9.17, 15) is 9.59 Å². The molecule has 2 aromatic rings. The minimum absolute atomic E-state index is 0.0945. The lowest BCUT2D eigenvalue weighted by molar-refractivity contribution is -0.111. The molecule has 0 aliphatic carbocycles. The van der Waals surface area contributed by atoms with Crippen LogP contribution in [0, 0.1) is 6.92 Å². The number of anilines is 1. The van der Waals surface area contributed by atoms with Gasteiger partial charge in [0, 0.05) is 24.2 Å². The number of likely N-dealkylation sites (tertiary alicyclic amines) is 1. The molecule has 0 aromatic heterocycles. The Kier molecular flexibility index (Phi) is 5.74. The van der Waals surface area contributed by atoms with Gasteiger partial charge >= 0.3 is 0 Å². The lowest BCUT2D eigenvalue weighted by Crippen LogP contribution is -2.28. The summed E-state index contributed by atoms with van der Waals surface area (Å²) in [5.74, 6) is -0.382. The first-order valence-electron chi connectivity index (χ1n) is 8.67. The van der Waals surface area contributed by atoms with Crippen molar-refractivity contribution in [3.8, 4) is 0 Å². The molecule has 0 spiro atoms. The van der Waals surface area contributed by atoms with Crippen molar-refractivity contribution >= 4 is 35.2 Å². The van der Waals surface area contributed by atoms with Gasteiger partial charge in [-0.05, 0) is 49.6 Å². The molecular weight excluding hydrogens is 348 g/mol. The fraction of sp³-hybridized carbons (Fsp3) is 0.238. The Morgan fingerprint density at radius 2 is 1.88 bits per heavy atom. The number of amides is 2. The van der Waals surface area contributed by atoms with Crippen molar-refractivity contribution in [1.82, 2.24) is 4.90 Å². The van der Waals surface area contributed by atoms with E-state index in [0.717, 1.165) is 37.1 Å². The van der Waals surface area contributed by atoms with E-state index in [1.165, 1.54) is 6.08 Å². The Hall–Kier alpha value is -2.59. The quantitative estimate of drug-likeness (QED) is 0.805. The Balaban J connectivity index is 1.76. The van der Waals surface area contributed by atoms with Gasteiger partial charge in [-0.3, -0.25) is 9.59 Å². The van der Waals surface area contributed by atoms with Gasteiger partial charge in [0.1, 0.15) is 0 Å². The molecule has 2 aromatic carbocycles. The first-order valence-corrected chi connectivity index (χ1v) is 9.05. The van der Waals surface area contributed by atoms with Crippen molar-refractivity contribution in [2.75, 3.05) is 18.4 Å². The summed E-state index contributed by atoms with van der Waals surface area (Å²) in [7, 11) is 0. The lowest BCUT2D eigenvalue weighted by Gasteiger charge is -2.18. The van der Waals surface area contributed by atoms with E-state index in [2.05, 4.69) is 5.32 Å². The van der Waals surface area contributed by atoms with Gasteiger partial charge in [0.25, 0.3) is 5.91 Å². The largest absolute Gasteiger partial charge is 0.339 e. The van der Waals surface area contributed by atoms with Crippen molar-refractivity contribution in [3.05, 3.63) is 70.3 Å². The highest BCUT2D eigenvalue weighted by Crippen LogP contribution is 2.24. The van der Waals surface area contributed by atoms with Gasteiger partial charge in [-0.2, -0.15) is 0 Å². The fourth-order valence-corrected chi connectivity index (χ4v) is 3.19. The summed E-state index contributed by atoms with van der Waals surface area (Å²) in [5, 5.41) is 3.27. The molecule has 2 amide bonds. The van der Waals surface area contributed by atoms with Crippen LogP contribution in [0.1, 0.15) is 34.3 Å². The monoisotopic (exact) mass is 368 g/mol. The van der Waals surface area contributed by atoms with E-state index < -0.39 is 0 Å². The van der Waals surface area contributed by atoms with Crippen LogP contribution < -0.4 is 5.32 Å². The Bertz CT molecular complexity index is 855. The Labute approximate surface area is 158 Å². The summed E-state index contributed by atoms with van der Waals surface area (Å²) in [6.45, 7) is 3.49. The molecule has 1 heterocycles. The molecule has 1 aliphatic rings. The fourth-order valence-electron chi connectivity index (χ4n) is 3.01. The highest BCUT2D eigenvalue weighted by Gasteiger charge is 2.22. The van der Waals surface area contributed by atoms with Gasteiger partial charge in [0.2, 0.25) is 5.91 Å². The molecule has 1 N–H and O–H groups in total. The van der Waals surface area contributed by atoms with Gasteiger partial charge in [0.15, 0.2) is 0 Å². The van der Waals surface area contributed by atoms with Crippen LogP contribution >= 0.6 is 11.6 Å². The third-order valence-electron chi connectivity index (χ3n) is 4.33. The van der Waals surface area contributed by atoms with Crippen LogP contribution in [0.2, 0.25) is 5.02 Å². The number of halogens is 1. The predicted molar refractivity (Wildman–Crippen MR) is 105 cm³/mol. The van der Waals surface area contributed by atoms with Crippen LogP contribution in [0.5, 0.6) is 0 Å². The van der Waals surface area contributed by atoms with Crippen molar-refractivity contribution in [3.63, 3.8) is 0 Å². The number of carbonyl (C=O) groups excluding carboxylic acids is 2. The van der Waals surface area contributed by atoms with E-state index in [1.54, 1.807) is 29.2 Å². The van der Waals surface area contributed by atoms with Crippen molar-refractivity contribution in [2.24, 2.45) is 0 Å². The molecule has 0 saturated carbocycles. The summed E-state index contributed by atoms with van der Waals surface area (Å²) in [4.78, 5) is 26.8. The molecule has 1 saturated heterocycles. The number of rotatable bonds is 4. The minimum atomic E-state index is -0.288. The zero-order valence-corrected chi connectivity index (χ0v) is 15.4. The molecule has 0 atom stereocenters. The second kappa shape index (κ2) is 8.19. The van der Waals surface area contributed by atoms with Crippen LogP contribution in [-0.4, -0.2) is 29.8 Å². The van der Waals surface area contributed by atoms with E-state index in [4.69, 9.17) is 11.6 Å². The van der Waals surface area contributed by atoms with E-state index in [-0.39, 0.29) is 11.8 Å². The van der Waals surface area contributed by atoms with Gasteiger partial charge in [-0.1, -0.05) is 41.4 Å². The van der Waals surface area contributed by atoms with Crippen LogP contribution in [-0.2, 0) is 4.79 Å². The number of nitrogens with zero attached hydrogens (tertiary/aromatic N) is 1. The summed E-state index contributed by atoms with van der Waals surface area (Å²) in [5.41, 5.74) is 2.98. The van der Waals surface area contributed by atoms with Crippen LogP contribution in [0.3, 0.4) is 0 Å². The normalized spacial score (nSPS) is 14.0. The first-order chi connectivity index (χ1) is 12.5.